The number of nitrogens with zero attached hydrogens (tertiary/aromatic N) is 1. The molecule has 1 aliphatic rings. The molecular formula is C25H27ClN4O7. The first-order valence-corrected chi connectivity index (χ1v) is 11.9. The molecule has 0 aliphatic carbocycles. The van der Waals surface area contributed by atoms with Gasteiger partial charge < -0.3 is 25.8 Å². The lowest BCUT2D eigenvalue weighted by atomic mass is 9.97. The third-order valence-electron chi connectivity index (χ3n) is 5.84. The number of methoxy groups -OCH3 is 1. The molecule has 4 N–H and O–H groups in total. The van der Waals surface area contributed by atoms with Gasteiger partial charge in [-0.3, -0.25) is 19.3 Å². The molecule has 0 bridgehead atoms. The molecule has 1 saturated heterocycles. The van der Waals surface area contributed by atoms with Gasteiger partial charge in [0, 0.05) is 17.3 Å². The van der Waals surface area contributed by atoms with E-state index in [0.717, 1.165) is 4.90 Å². The highest BCUT2D eigenvalue weighted by molar-refractivity contribution is 6.30. The SMILES string of the molecule is CC[C@@H](NC(=O)N1CC(=O)NCC(Cc2cc(Cl)ccc2OC)C1=O)C(=O)Nc1ccc(C(=O)O)cc1. The van der Waals surface area contributed by atoms with Crippen molar-refractivity contribution >= 4 is 47.0 Å². The van der Waals surface area contributed by atoms with Crippen LogP contribution in [-0.4, -0.2) is 66.0 Å². The Labute approximate surface area is 218 Å². The van der Waals surface area contributed by atoms with Gasteiger partial charge in [0.1, 0.15) is 18.3 Å². The van der Waals surface area contributed by atoms with E-state index in [0.29, 0.717) is 22.0 Å². The number of halogens is 1. The fraction of sp³-hybridized carbons (Fsp3) is 0.320. The summed E-state index contributed by atoms with van der Waals surface area (Å²) in [5, 5.41) is 17.2. The molecular weight excluding hydrogens is 504 g/mol. The van der Waals surface area contributed by atoms with Crippen LogP contribution < -0.4 is 20.7 Å². The van der Waals surface area contributed by atoms with Crippen LogP contribution >= 0.6 is 11.6 Å². The van der Waals surface area contributed by atoms with Gasteiger partial charge in [0.2, 0.25) is 17.7 Å². The molecule has 11 nitrogen and oxygen atoms in total. The van der Waals surface area contributed by atoms with Gasteiger partial charge in [0.15, 0.2) is 0 Å². The molecule has 3 rings (SSSR count). The summed E-state index contributed by atoms with van der Waals surface area (Å²) in [5.74, 6) is -3.02. The molecule has 1 fully saturated rings. The van der Waals surface area contributed by atoms with E-state index in [4.69, 9.17) is 21.4 Å². The van der Waals surface area contributed by atoms with Crippen molar-refractivity contribution in [3.63, 3.8) is 0 Å². The van der Waals surface area contributed by atoms with Gasteiger partial charge in [-0.2, -0.15) is 0 Å². The number of benzene rings is 2. The number of rotatable bonds is 8. The maximum atomic E-state index is 13.3. The van der Waals surface area contributed by atoms with Gasteiger partial charge in [-0.1, -0.05) is 18.5 Å². The summed E-state index contributed by atoms with van der Waals surface area (Å²) in [5.41, 5.74) is 1.04. The lowest BCUT2D eigenvalue weighted by molar-refractivity contribution is -0.133. The van der Waals surface area contributed by atoms with Crippen LogP contribution in [0.15, 0.2) is 42.5 Å². The molecule has 2 atom stereocenters. The maximum absolute atomic E-state index is 13.3. The fourth-order valence-corrected chi connectivity index (χ4v) is 4.03. The van der Waals surface area contributed by atoms with E-state index in [2.05, 4.69) is 16.0 Å². The number of carbonyl (C=O) groups excluding carboxylic acids is 4. The third-order valence-corrected chi connectivity index (χ3v) is 6.07. The van der Waals surface area contributed by atoms with Crippen molar-refractivity contribution < 1.29 is 33.8 Å². The first-order valence-electron chi connectivity index (χ1n) is 11.5. The number of carboxylic acid groups (broad SMARTS) is 1. The minimum Gasteiger partial charge on any atom is -0.496 e. The van der Waals surface area contributed by atoms with Crippen molar-refractivity contribution in [1.82, 2.24) is 15.5 Å². The van der Waals surface area contributed by atoms with Crippen LogP contribution in [0.3, 0.4) is 0 Å². The van der Waals surface area contributed by atoms with Crippen LogP contribution in [0.5, 0.6) is 5.75 Å². The van der Waals surface area contributed by atoms with Crippen LogP contribution in [-0.2, 0) is 20.8 Å². The zero-order valence-corrected chi connectivity index (χ0v) is 21.0. The molecule has 0 aromatic heterocycles. The topological polar surface area (TPSA) is 154 Å². The second-order valence-electron chi connectivity index (χ2n) is 8.37. The highest BCUT2D eigenvalue weighted by atomic mass is 35.5. The largest absolute Gasteiger partial charge is 0.496 e. The van der Waals surface area contributed by atoms with E-state index in [-0.39, 0.29) is 24.9 Å². The smallest absolute Gasteiger partial charge is 0.335 e. The lowest BCUT2D eigenvalue weighted by Crippen LogP contribution is -2.53. The molecule has 1 aliphatic heterocycles. The van der Waals surface area contributed by atoms with E-state index in [9.17, 15) is 24.0 Å². The predicted molar refractivity (Wildman–Crippen MR) is 135 cm³/mol. The molecule has 196 valence electrons. The second-order valence-corrected chi connectivity index (χ2v) is 8.80. The summed E-state index contributed by atoms with van der Waals surface area (Å²) in [6.45, 7) is 1.19. The average molecular weight is 531 g/mol. The molecule has 1 heterocycles. The van der Waals surface area contributed by atoms with Crippen LogP contribution in [0.4, 0.5) is 10.5 Å². The minimum atomic E-state index is -1.10. The predicted octanol–water partition coefficient (Wildman–Crippen LogP) is 2.29. The van der Waals surface area contributed by atoms with Crippen molar-refractivity contribution in [3.8, 4) is 5.75 Å². The third kappa shape index (κ3) is 6.98. The van der Waals surface area contributed by atoms with Crippen LogP contribution in [0, 0.1) is 5.92 Å². The molecule has 1 unspecified atom stereocenters. The maximum Gasteiger partial charge on any atom is 0.335 e. The second kappa shape index (κ2) is 12.2. The number of anilines is 1. The molecule has 5 amide bonds. The number of imide groups is 1. The van der Waals surface area contributed by atoms with Crippen molar-refractivity contribution in [1.29, 1.82) is 0 Å². The number of aromatic carboxylic acids is 1. The van der Waals surface area contributed by atoms with Crippen molar-refractivity contribution in [2.45, 2.75) is 25.8 Å². The van der Waals surface area contributed by atoms with E-state index in [1.807, 2.05) is 0 Å². The van der Waals surface area contributed by atoms with Crippen molar-refractivity contribution in [3.05, 3.63) is 58.6 Å². The first-order chi connectivity index (χ1) is 17.6. The lowest BCUT2D eigenvalue weighted by Gasteiger charge is -2.25. The minimum absolute atomic E-state index is 0.0150. The van der Waals surface area contributed by atoms with Gasteiger partial charge in [0.25, 0.3) is 0 Å². The molecule has 0 saturated carbocycles. The standard InChI is InChI=1S/C25H27ClN4O7/c1-3-19(22(32)28-18-7-4-14(5-8-18)24(34)35)29-25(36)30-13-21(31)27-12-16(23(30)33)10-15-11-17(26)6-9-20(15)37-2/h4-9,11,16,19H,3,10,12-13H2,1-2H3,(H,27,31)(H,28,32)(H,29,36)(H,34,35)/t16?,19-/m1/s1. The monoisotopic (exact) mass is 530 g/mol. The van der Waals surface area contributed by atoms with E-state index in [1.165, 1.54) is 31.4 Å². The zero-order chi connectivity index (χ0) is 27.1. The Morgan fingerprint density at radius 2 is 1.89 bits per heavy atom. The van der Waals surface area contributed by atoms with Gasteiger partial charge in [0.05, 0.1) is 18.6 Å². The average Bonchev–Trinajstić information content (AvgIpc) is 3.01. The molecule has 2 aromatic rings. The summed E-state index contributed by atoms with van der Waals surface area (Å²) in [6, 6.07) is 8.59. The number of hydrogen-bond donors (Lipinski definition) is 4. The summed E-state index contributed by atoms with van der Waals surface area (Å²) in [7, 11) is 1.49. The quantitative estimate of drug-likeness (QED) is 0.408. The molecule has 2 aromatic carbocycles. The Bertz CT molecular complexity index is 1200. The van der Waals surface area contributed by atoms with Crippen LogP contribution in [0.25, 0.3) is 0 Å². The molecule has 0 spiro atoms. The van der Waals surface area contributed by atoms with Gasteiger partial charge in [-0.05, 0) is 60.9 Å². The molecule has 12 heteroatoms. The number of carbonyl (C=O) groups is 5. The van der Waals surface area contributed by atoms with Crippen molar-refractivity contribution in [2.75, 3.05) is 25.5 Å². The fourth-order valence-electron chi connectivity index (χ4n) is 3.83. The number of hydrogen-bond acceptors (Lipinski definition) is 6. The Balaban J connectivity index is 1.72. The molecule has 37 heavy (non-hydrogen) atoms. The van der Waals surface area contributed by atoms with Gasteiger partial charge >= 0.3 is 12.0 Å². The Morgan fingerprint density at radius 3 is 2.51 bits per heavy atom. The summed E-state index contributed by atoms with van der Waals surface area (Å²) in [6.07, 6.45) is 0.360. The summed E-state index contributed by atoms with van der Waals surface area (Å²) < 4.78 is 5.34. The van der Waals surface area contributed by atoms with Crippen LogP contribution in [0.1, 0.15) is 29.3 Å². The normalized spacial score (nSPS) is 16.3. The summed E-state index contributed by atoms with van der Waals surface area (Å²) >= 11 is 6.10. The zero-order valence-electron chi connectivity index (χ0n) is 20.2. The number of nitrogens with one attached hydrogen (secondary N) is 3. The van der Waals surface area contributed by atoms with Gasteiger partial charge in [-0.25, -0.2) is 9.59 Å². The van der Waals surface area contributed by atoms with Crippen LogP contribution in [0.2, 0.25) is 5.02 Å². The van der Waals surface area contributed by atoms with E-state index >= 15 is 0 Å². The first kappa shape index (κ1) is 27.5. The number of amides is 5. The Hall–Kier alpha value is -4.12. The van der Waals surface area contributed by atoms with Gasteiger partial charge in [-0.15, -0.1) is 0 Å². The highest BCUT2D eigenvalue weighted by Crippen LogP contribution is 2.26. The molecule has 0 radical (unpaired) electrons. The van der Waals surface area contributed by atoms with E-state index < -0.39 is 48.2 Å². The summed E-state index contributed by atoms with van der Waals surface area (Å²) in [4.78, 5) is 63.2. The van der Waals surface area contributed by atoms with Crippen molar-refractivity contribution in [2.24, 2.45) is 5.92 Å². The number of urea groups is 1. The number of carboxylic acids is 1. The van der Waals surface area contributed by atoms with E-state index in [1.54, 1.807) is 25.1 Å². The number of ether oxygens (including phenoxy) is 1. The Kier molecular flexibility index (Phi) is 9.07. The highest BCUT2D eigenvalue weighted by Gasteiger charge is 2.35. The Morgan fingerprint density at radius 1 is 1.19 bits per heavy atom.